The molecule has 0 aliphatic carbocycles. The molecule has 0 aliphatic heterocycles. The first-order valence-electron chi connectivity index (χ1n) is 6.51. The minimum atomic E-state index is -0.590. The van der Waals surface area contributed by atoms with Gasteiger partial charge in [0.05, 0.1) is 16.3 Å². The third-order valence-electron chi connectivity index (χ3n) is 3.38. The third-order valence-corrected chi connectivity index (χ3v) is 4.55. The first kappa shape index (κ1) is 16.0. The Bertz CT molecular complexity index is 432. The highest BCUT2D eigenvalue weighted by molar-refractivity contribution is 7.99. The van der Waals surface area contributed by atoms with Crippen molar-refractivity contribution in [2.45, 2.75) is 43.7 Å². The van der Waals surface area contributed by atoms with Gasteiger partial charge in [-0.25, -0.2) is 0 Å². The minimum absolute atomic E-state index is 0.287. The monoisotopic (exact) mass is 284 g/mol. The van der Waals surface area contributed by atoms with Gasteiger partial charge >= 0.3 is 0 Å². The van der Waals surface area contributed by atoms with Crippen LogP contribution in [-0.4, -0.2) is 34.0 Å². The van der Waals surface area contributed by atoms with Crippen molar-refractivity contribution in [3.05, 3.63) is 11.8 Å². The summed E-state index contributed by atoms with van der Waals surface area (Å²) in [5, 5.41) is 8.50. The molecule has 0 bridgehead atoms. The van der Waals surface area contributed by atoms with Gasteiger partial charge in [-0.05, 0) is 45.6 Å². The second-order valence-electron chi connectivity index (χ2n) is 5.00. The number of nitrogens with two attached hydrogens (primary N) is 1. The van der Waals surface area contributed by atoms with Crippen molar-refractivity contribution in [2.75, 3.05) is 12.8 Å². The largest absolute Gasteiger partial charge is 0.368 e. The van der Waals surface area contributed by atoms with Crippen LogP contribution in [0.25, 0.3) is 0 Å². The molecule has 1 amide bonds. The van der Waals surface area contributed by atoms with Crippen LogP contribution in [0.2, 0.25) is 0 Å². The van der Waals surface area contributed by atoms with Crippen LogP contribution >= 0.6 is 11.8 Å². The Morgan fingerprint density at radius 3 is 2.74 bits per heavy atom. The van der Waals surface area contributed by atoms with Crippen molar-refractivity contribution in [1.82, 2.24) is 15.1 Å². The van der Waals surface area contributed by atoms with Gasteiger partial charge in [-0.3, -0.25) is 9.48 Å². The number of carbonyl (C=O) groups excluding carboxylic acids is 1. The lowest BCUT2D eigenvalue weighted by atomic mass is 9.94. The summed E-state index contributed by atoms with van der Waals surface area (Å²) in [4.78, 5) is 11.3. The summed E-state index contributed by atoms with van der Waals surface area (Å²) in [6, 6.07) is 2.09. The van der Waals surface area contributed by atoms with Crippen molar-refractivity contribution < 1.29 is 4.79 Å². The number of thioether (sulfide) groups is 1. The molecule has 5 nitrogen and oxygen atoms in total. The quantitative estimate of drug-likeness (QED) is 0.560. The highest BCUT2D eigenvalue weighted by Crippen LogP contribution is 2.21. The number of rotatable bonds is 8. The molecular formula is C13H24N4OS. The average Bonchev–Trinajstić information content (AvgIpc) is 2.67. The lowest BCUT2D eigenvalue weighted by molar-refractivity contribution is -0.123. The van der Waals surface area contributed by atoms with E-state index in [-0.39, 0.29) is 5.91 Å². The summed E-state index contributed by atoms with van der Waals surface area (Å²) in [6.45, 7) is 3.85. The molecular weight excluding hydrogens is 260 g/mol. The molecule has 0 aliphatic rings. The van der Waals surface area contributed by atoms with Gasteiger partial charge < -0.3 is 11.1 Å². The number of nitrogens with one attached hydrogen (secondary N) is 1. The molecule has 0 aromatic carbocycles. The number of unbranched alkanes of at least 4 members (excludes halogenated alkanes) is 1. The molecule has 1 aromatic heterocycles. The predicted octanol–water partition coefficient (Wildman–Crippen LogP) is 1.45. The van der Waals surface area contributed by atoms with Crippen LogP contribution in [0.15, 0.2) is 11.1 Å². The summed E-state index contributed by atoms with van der Waals surface area (Å²) >= 11 is 1.80. The molecule has 1 aromatic rings. The van der Waals surface area contributed by atoms with E-state index in [1.54, 1.807) is 18.8 Å². The van der Waals surface area contributed by atoms with E-state index >= 15 is 0 Å². The number of primary amides is 1. The molecule has 108 valence electrons. The van der Waals surface area contributed by atoms with Crippen LogP contribution in [0.4, 0.5) is 0 Å². The lowest BCUT2D eigenvalue weighted by Gasteiger charge is -2.25. The zero-order valence-corrected chi connectivity index (χ0v) is 13.0. The fourth-order valence-electron chi connectivity index (χ4n) is 1.85. The molecule has 1 heterocycles. The van der Waals surface area contributed by atoms with Crippen molar-refractivity contribution in [1.29, 1.82) is 0 Å². The Hall–Kier alpha value is -1.01. The van der Waals surface area contributed by atoms with E-state index in [1.165, 1.54) is 5.03 Å². The van der Waals surface area contributed by atoms with Crippen LogP contribution in [0, 0.1) is 6.92 Å². The molecule has 3 N–H and O–H groups in total. The molecule has 1 unspecified atom stereocenters. The zero-order valence-electron chi connectivity index (χ0n) is 12.2. The molecule has 0 saturated heterocycles. The van der Waals surface area contributed by atoms with E-state index < -0.39 is 5.54 Å². The van der Waals surface area contributed by atoms with E-state index in [1.807, 2.05) is 25.6 Å². The van der Waals surface area contributed by atoms with Crippen LogP contribution in [0.3, 0.4) is 0 Å². The topological polar surface area (TPSA) is 72.9 Å². The van der Waals surface area contributed by atoms with Crippen molar-refractivity contribution in [2.24, 2.45) is 12.8 Å². The summed E-state index contributed by atoms with van der Waals surface area (Å²) in [6.07, 6.45) is 2.80. The van der Waals surface area contributed by atoms with Gasteiger partial charge in [-0.1, -0.05) is 6.42 Å². The van der Waals surface area contributed by atoms with Gasteiger partial charge in [0, 0.05) is 7.05 Å². The van der Waals surface area contributed by atoms with E-state index in [0.717, 1.165) is 30.7 Å². The molecule has 6 heteroatoms. The molecule has 19 heavy (non-hydrogen) atoms. The highest BCUT2D eigenvalue weighted by Gasteiger charge is 2.27. The number of aryl methyl sites for hydroxylation is 2. The maximum atomic E-state index is 11.3. The van der Waals surface area contributed by atoms with Crippen LogP contribution in [0.1, 0.15) is 31.9 Å². The fraction of sp³-hybridized carbons (Fsp3) is 0.692. The maximum Gasteiger partial charge on any atom is 0.237 e. The van der Waals surface area contributed by atoms with Crippen molar-refractivity contribution in [3.63, 3.8) is 0 Å². The molecule has 1 atom stereocenters. The standard InChI is InChI=1S/C13H24N4OS/c1-10-9-11(17(4)16-10)19-8-6-5-7-13(2,15-3)12(14)18/h9,15H,5-8H2,1-4H3,(H2,14,18). The van der Waals surface area contributed by atoms with Gasteiger partial charge in [0.15, 0.2) is 0 Å². The second kappa shape index (κ2) is 6.96. The van der Waals surface area contributed by atoms with Crippen LogP contribution in [-0.2, 0) is 11.8 Å². The normalized spacial score (nSPS) is 14.3. The van der Waals surface area contributed by atoms with Crippen LogP contribution < -0.4 is 11.1 Å². The first-order valence-corrected chi connectivity index (χ1v) is 7.50. The molecule has 0 radical (unpaired) electrons. The predicted molar refractivity (Wildman–Crippen MR) is 79.2 cm³/mol. The Kier molecular flexibility index (Phi) is 5.87. The van der Waals surface area contributed by atoms with Crippen LogP contribution in [0.5, 0.6) is 0 Å². The minimum Gasteiger partial charge on any atom is -0.368 e. The van der Waals surface area contributed by atoms with Gasteiger partial charge in [0.25, 0.3) is 0 Å². The number of aromatic nitrogens is 2. The Morgan fingerprint density at radius 1 is 1.58 bits per heavy atom. The molecule has 0 saturated carbocycles. The van der Waals surface area contributed by atoms with Gasteiger partial charge in [-0.15, -0.1) is 11.8 Å². The van der Waals surface area contributed by atoms with E-state index in [2.05, 4.69) is 16.5 Å². The third kappa shape index (κ3) is 4.54. The number of carbonyl (C=O) groups is 1. The van der Waals surface area contributed by atoms with Gasteiger partial charge in [-0.2, -0.15) is 5.10 Å². The molecule has 1 rings (SSSR count). The average molecular weight is 284 g/mol. The second-order valence-corrected chi connectivity index (χ2v) is 6.11. The SMILES string of the molecule is CNC(C)(CCCCSc1cc(C)nn1C)C(N)=O. The van der Waals surface area contributed by atoms with E-state index in [9.17, 15) is 4.79 Å². The lowest BCUT2D eigenvalue weighted by Crippen LogP contribution is -2.51. The number of amides is 1. The van der Waals surface area contributed by atoms with Gasteiger partial charge in [0.2, 0.25) is 5.91 Å². The number of hydrogen-bond donors (Lipinski definition) is 2. The summed E-state index contributed by atoms with van der Waals surface area (Å²) < 4.78 is 1.90. The van der Waals surface area contributed by atoms with Gasteiger partial charge in [0.1, 0.15) is 0 Å². The zero-order chi connectivity index (χ0) is 14.5. The van der Waals surface area contributed by atoms with Crippen molar-refractivity contribution >= 4 is 17.7 Å². The summed E-state index contributed by atoms with van der Waals surface area (Å²) in [7, 11) is 3.73. The summed E-state index contributed by atoms with van der Waals surface area (Å²) in [5.41, 5.74) is 5.85. The van der Waals surface area contributed by atoms with E-state index in [0.29, 0.717) is 0 Å². The number of hydrogen-bond acceptors (Lipinski definition) is 4. The Balaban J connectivity index is 2.28. The molecule has 0 fully saturated rings. The number of nitrogens with zero attached hydrogens (tertiary/aromatic N) is 2. The maximum absolute atomic E-state index is 11.3. The Labute approximate surface area is 119 Å². The first-order chi connectivity index (χ1) is 8.89. The molecule has 0 spiro atoms. The van der Waals surface area contributed by atoms with Crippen molar-refractivity contribution in [3.8, 4) is 0 Å². The summed E-state index contributed by atoms with van der Waals surface area (Å²) in [5.74, 6) is 0.738. The Morgan fingerprint density at radius 2 is 2.26 bits per heavy atom. The highest BCUT2D eigenvalue weighted by atomic mass is 32.2. The number of likely N-dealkylation sites (N-methyl/N-ethyl adjacent to an activating group) is 1. The fourth-order valence-corrected chi connectivity index (χ4v) is 2.89. The smallest absolute Gasteiger partial charge is 0.237 e. The van der Waals surface area contributed by atoms with E-state index in [4.69, 9.17) is 5.73 Å².